The minimum atomic E-state index is -0.0963. The van der Waals surface area contributed by atoms with Gasteiger partial charge in [0.15, 0.2) is 11.0 Å². The van der Waals surface area contributed by atoms with Crippen molar-refractivity contribution in [1.82, 2.24) is 14.8 Å². The predicted octanol–water partition coefficient (Wildman–Crippen LogP) is 6.28. The van der Waals surface area contributed by atoms with Crippen LogP contribution in [0.3, 0.4) is 0 Å². The molecule has 0 aliphatic heterocycles. The van der Waals surface area contributed by atoms with Crippen LogP contribution < -0.4 is 10.1 Å². The van der Waals surface area contributed by atoms with E-state index >= 15 is 0 Å². The number of hydrogen-bond donors (Lipinski definition) is 1. The zero-order chi connectivity index (χ0) is 24.0. The fourth-order valence-corrected chi connectivity index (χ4v) is 4.38. The molecular weight excluding hydrogens is 500 g/mol. The van der Waals surface area contributed by atoms with Gasteiger partial charge in [-0.25, -0.2) is 0 Å². The van der Waals surface area contributed by atoms with Gasteiger partial charge in [-0.3, -0.25) is 9.36 Å². The molecule has 0 radical (unpaired) electrons. The molecule has 0 unspecified atom stereocenters. The summed E-state index contributed by atoms with van der Waals surface area (Å²) in [6.07, 6.45) is 1.78. The van der Waals surface area contributed by atoms with Crippen LogP contribution in [0, 0.1) is 13.8 Å². The Balaban J connectivity index is 1.62. The van der Waals surface area contributed by atoms with Crippen LogP contribution in [-0.4, -0.2) is 26.4 Å². The molecule has 1 aromatic heterocycles. The Morgan fingerprint density at radius 2 is 1.91 bits per heavy atom. The number of benzene rings is 2. The molecule has 1 amide bonds. The number of nitrogens with zero attached hydrogens (tertiary/aromatic N) is 3. The lowest BCUT2D eigenvalue weighted by atomic mass is 10.0. The van der Waals surface area contributed by atoms with Crippen LogP contribution >= 0.6 is 27.7 Å². The van der Waals surface area contributed by atoms with Gasteiger partial charge in [0.1, 0.15) is 12.4 Å². The predicted molar refractivity (Wildman–Crippen MR) is 138 cm³/mol. The van der Waals surface area contributed by atoms with Crippen molar-refractivity contribution in [3.05, 3.63) is 76.0 Å². The molecule has 0 atom stereocenters. The Kier molecular flexibility index (Phi) is 8.74. The monoisotopic (exact) mass is 528 g/mol. The number of amides is 1. The Labute approximate surface area is 208 Å². The van der Waals surface area contributed by atoms with E-state index in [9.17, 15) is 4.79 Å². The van der Waals surface area contributed by atoms with Crippen molar-refractivity contribution in [3.8, 4) is 5.75 Å². The van der Waals surface area contributed by atoms with Crippen molar-refractivity contribution in [2.75, 3.05) is 11.1 Å². The van der Waals surface area contributed by atoms with E-state index in [-0.39, 0.29) is 18.3 Å². The van der Waals surface area contributed by atoms with Crippen molar-refractivity contribution >= 4 is 39.3 Å². The van der Waals surface area contributed by atoms with Gasteiger partial charge in [-0.2, -0.15) is 0 Å². The summed E-state index contributed by atoms with van der Waals surface area (Å²) < 4.78 is 8.86. The van der Waals surface area contributed by atoms with Crippen LogP contribution in [0.1, 0.15) is 42.3 Å². The van der Waals surface area contributed by atoms with E-state index in [1.54, 1.807) is 6.08 Å². The van der Waals surface area contributed by atoms with Crippen molar-refractivity contribution in [1.29, 1.82) is 0 Å². The largest absolute Gasteiger partial charge is 0.486 e. The highest BCUT2D eigenvalue weighted by Gasteiger charge is 2.15. The SMILES string of the molecule is C=CCn1c(COc2ccc(C(C)C)cc2)nnc1SCC(=O)Nc1ccc(Br)c(C)c1C. The topological polar surface area (TPSA) is 69.0 Å². The van der Waals surface area contributed by atoms with E-state index < -0.39 is 0 Å². The summed E-state index contributed by atoms with van der Waals surface area (Å²) in [4.78, 5) is 12.6. The minimum Gasteiger partial charge on any atom is -0.486 e. The van der Waals surface area contributed by atoms with Crippen molar-refractivity contribution in [2.45, 2.75) is 51.9 Å². The molecule has 0 bridgehead atoms. The molecule has 6 nitrogen and oxygen atoms in total. The lowest BCUT2D eigenvalue weighted by Gasteiger charge is -2.12. The fraction of sp³-hybridized carbons (Fsp3) is 0.320. The highest BCUT2D eigenvalue weighted by atomic mass is 79.9. The van der Waals surface area contributed by atoms with Crippen molar-refractivity contribution < 1.29 is 9.53 Å². The second-order valence-corrected chi connectivity index (χ2v) is 9.79. The maximum Gasteiger partial charge on any atom is 0.234 e. The van der Waals surface area contributed by atoms with E-state index in [4.69, 9.17) is 4.74 Å². The average Bonchev–Trinajstić information content (AvgIpc) is 3.18. The second-order valence-electron chi connectivity index (χ2n) is 7.99. The molecule has 1 N–H and O–H groups in total. The van der Waals surface area contributed by atoms with Crippen molar-refractivity contribution in [2.24, 2.45) is 0 Å². The lowest BCUT2D eigenvalue weighted by Crippen LogP contribution is -2.16. The Morgan fingerprint density at radius 1 is 1.18 bits per heavy atom. The number of halogens is 1. The third kappa shape index (κ3) is 6.48. The fourth-order valence-electron chi connectivity index (χ4n) is 3.18. The van der Waals surface area contributed by atoms with Crippen LogP contribution in [-0.2, 0) is 17.9 Å². The van der Waals surface area contributed by atoms with Crippen molar-refractivity contribution in [3.63, 3.8) is 0 Å². The molecule has 3 rings (SSSR count). The molecule has 8 heteroatoms. The van der Waals surface area contributed by atoms with Gasteiger partial charge in [0, 0.05) is 16.7 Å². The first-order valence-corrected chi connectivity index (χ1v) is 12.5. The maximum absolute atomic E-state index is 12.6. The van der Waals surface area contributed by atoms with E-state index in [1.807, 2.05) is 42.7 Å². The normalized spacial score (nSPS) is 11.0. The molecule has 33 heavy (non-hydrogen) atoms. The third-order valence-corrected chi connectivity index (χ3v) is 7.17. The average molecular weight is 530 g/mol. The Morgan fingerprint density at radius 3 is 2.58 bits per heavy atom. The quantitative estimate of drug-likeness (QED) is 0.247. The number of thioether (sulfide) groups is 1. The van der Waals surface area contributed by atoms with Gasteiger partial charge in [0.2, 0.25) is 5.91 Å². The number of carbonyl (C=O) groups excluding carboxylic acids is 1. The smallest absolute Gasteiger partial charge is 0.234 e. The van der Waals surface area contributed by atoms with Crippen LogP contribution in [0.4, 0.5) is 5.69 Å². The van der Waals surface area contributed by atoms with E-state index in [2.05, 4.69) is 64.0 Å². The van der Waals surface area contributed by atoms with E-state index in [0.29, 0.717) is 23.4 Å². The van der Waals surface area contributed by atoms with E-state index in [1.165, 1.54) is 17.3 Å². The first-order valence-electron chi connectivity index (χ1n) is 10.7. The number of anilines is 1. The van der Waals surface area contributed by atoms with Crippen LogP contribution in [0.25, 0.3) is 0 Å². The molecule has 174 valence electrons. The first-order chi connectivity index (χ1) is 15.8. The number of aromatic nitrogens is 3. The Hall–Kier alpha value is -2.58. The summed E-state index contributed by atoms with van der Waals surface area (Å²) in [7, 11) is 0. The summed E-state index contributed by atoms with van der Waals surface area (Å²) >= 11 is 4.86. The molecular formula is C25H29BrN4O2S. The molecule has 0 spiro atoms. The highest BCUT2D eigenvalue weighted by Crippen LogP contribution is 2.26. The zero-order valence-corrected chi connectivity index (χ0v) is 21.8. The van der Waals surface area contributed by atoms with Gasteiger partial charge < -0.3 is 10.1 Å². The van der Waals surface area contributed by atoms with Crippen LogP contribution in [0.5, 0.6) is 5.75 Å². The Bertz CT molecular complexity index is 1130. The molecule has 1 heterocycles. The summed E-state index contributed by atoms with van der Waals surface area (Å²) in [6, 6.07) is 11.9. The number of nitrogens with one attached hydrogen (secondary N) is 1. The minimum absolute atomic E-state index is 0.0963. The summed E-state index contributed by atoms with van der Waals surface area (Å²) in [5, 5.41) is 12.2. The third-order valence-electron chi connectivity index (χ3n) is 5.35. The molecule has 0 fully saturated rings. The molecule has 0 aliphatic rings. The standard InChI is InChI=1S/C25H29BrN4O2S/c1-6-13-30-23(14-32-20-9-7-19(8-10-20)16(2)3)28-29-25(30)33-15-24(31)27-22-12-11-21(26)17(4)18(22)5/h6-12,16H,1,13-15H2,2-5H3,(H,27,31). The van der Waals surface area contributed by atoms with E-state index in [0.717, 1.165) is 27.0 Å². The number of rotatable bonds is 10. The number of allylic oxidation sites excluding steroid dienone is 1. The highest BCUT2D eigenvalue weighted by molar-refractivity contribution is 9.10. The molecule has 2 aromatic carbocycles. The van der Waals surface area contributed by atoms with Crippen LogP contribution in [0.2, 0.25) is 0 Å². The van der Waals surface area contributed by atoms with Gasteiger partial charge in [-0.1, -0.05) is 59.7 Å². The van der Waals surface area contributed by atoms with Gasteiger partial charge >= 0.3 is 0 Å². The van der Waals surface area contributed by atoms with Gasteiger partial charge in [-0.15, -0.1) is 16.8 Å². The molecule has 0 saturated carbocycles. The summed E-state index contributed by atoms with van der Waals surface area (Å²) in [5.74, 6) is 2.07. The van der Waals surface area contributed by atoms with Gasteiger partial charge in [0.25, 0.3) is 0 Å². The number of carbonyl (C=O) groups is 1. The summed E-state index contributed by atoms with van der Waals surface area (Å²) in [5.41, 5.74) is 4.22. The summed E-state index contributed by atoms with van der Waals surface area (Å²) in [6.45, 7) is 13.0. The molecule has 3 aromatic rings. The maximum atomic E-state index is 12.6. The number of hydrogen-bond acceptors (Lipinski definition) is 5. The number of ether oxygens (including phenoxy) is 1. The molecule has 0 saturated heterocycles. The molecule has 0 aliphatic carbocycles. The van der Waals surface area contributed by atoms with Gasteiger partial charge in [0.05, 0.1) is 5.75 Å². The first kappa shape index (κ1) is 25.1. The van der Waals surface area contributed by atoms with Gasteiger partial charge in [-0.05, 0) is 60.7 Å². The van der Waals surface area contributed by atoms with Crippen LogP contribution in [0.15, 0.2) is 58.7 Å². The lowest BCUT2D eigenvalue weighted by molar-refractivity contribution is -0.113. The zero-order valence-electron chi connectivity index (χ0n) is 19.4. The second kappa shape index (κ2) is 11.5.